The second-order valence-electron chi connectivity index (χ2n) is 4.14. The van der Waals surface area contributed by atoms with Gasteiger partial charge in [-0.1, -0.05) is 0 Å². The van der Waals surface area contributed by atoms with E-state index in [1.165, 1.54) is 0 Å². The first-order valence-electron chi connectivity index (χ1n) is 5.33. The molecule has 0 aromatic heterocycles. The Hall–Kier alpha value is -2.28. The van der Waals surface area contributed by atoms with E-state index in [1.807, 2.05) is 0 Å². The van der Waals surface area contributed by atoms with Gasteiger partial charge in [0.05, 0.1) is 23.7 Å². The second-order valence-corrected chi connectivity index (χ2v) is 4.14. The number of carbonyl (C=O) groups excluding carboxylic acids is 4. The molecule has 0 saturated heterocycles. The third kappa shape index (κ3) is 3.08. The van der Waals surface area contributed by atoms with Crippen LogP contribution in [0.15, 0.2) is 0 Å². The maximum Gasteiger partial charge on any atom is 0.346 e. The largest absolute Gasteiger partial charge is 0.346 e. The average molecular weight is 310 g/mol. The molecule has 1 fully saturated rings. The Bertz CT molecular complexity index is 404. The van der Waals surface area contributed by atoms with Crippen LogP contribution in [0.25, 0.3) is 0 Å². The summed E-state index contributed by atoms with van der Waals surface area (Å²) < 4.78 is 0. The summed E-state index contributed by atoms with van der Waals surface area (Å²) in [7, 11) is 0. The normalized spacial score (nSPS) is 27.6. The summed E-state index contributed by atoms with van der Waals surface area (Å²) in [6.45, 7) is 0. The molecule has 1 aliphatic rings. The van der Waals surface area contributed by atoms with Crippen molar-refractivity contribution < 1.29 is 59.8 Å². The van der Waals surface area contributed by atoms with Crippen molar-refractivity contribution in [3.05, 3.63) is 0 Å². The highest BCUT2D eigenvalue weighted by Crippen LogP contribution is 2.44. The minimum absolute atomic E-state index is 0.585. The number of hydrogen-bond acceptors (Lipinski definition) is 12. The van der Waals surface area contributed by atoms with Gasteiger partial charge in [0.25, 0.3) is 0 Å². The van der Waals surface area contributed by atoms with Gasteiger partial charge in [-0.05, 0) is 6.42 Å². The quantitative estimate of drug-likeness (QED) is 0.280. The second kappa shape index (κ2) is 6.94. The van der Waals surface area contributed by atoms with Crippen molar-refractivity contribution in [1.82, 2.24) is 0 Å². The van der Waals surface area contributed by atoms with Gasteiger partial charge in [0.15, 0.2) is 0 Å². The zero-order valence-electron chi connectivity index (χ0n) is 10.1. The lowest BCUT2D eigenvalue weighted by Gasteiger charge is -2.18. The molecule has 1 rings (SSSR count). The summed E-state index contributed by atoms with van der Waals surface area (Å²) in [6, 6.07) is 0. The van der Waals surface area contributed by atoms with Gasteiger partial charge in [-0.15, -0.1) is 0 Å². The zero-order chi connectivity index (χ0) is 16.2. The molecule has 0 spiro atoms. The first-order valence-corrected chi connectivity index (χ1v) is 5.33. The summed E-state index contributed by atoms with van der Waals surface area (Å²) >= 11 is 0. The van der Waals surface area contributed by atoms with Crippen molar-refractivity contribution in [3.63, 3.8) is 0 Å². The summed E-state index contributed by atoms with van der Waals surface area (Å²) in [6.07, 6.45) is -0.585. The van der Waals surface area contributed by atoms with Gasteiger partial charge in [0, 0.05) is 0 Å². The summed E-state index contributed by atoms with van der Waals surface area (Å²) in [5.74, 6) is -12.7. The van der Waals surface area contributed by atoms with Crippen molar-refractivity contribution in [2.75, 3.05) is 0 Å². The lowest BCUT2D eigenvalue weighted by Crippen LogP contribution is -2.37. The smallest absolute Gasteiger partial charge is 0.301 e. The molecule has 4 unspecified atom stereocenters. The van der Waals surface area contributed by atoms with Crippen molar-refractivity contribution in [1.29, 1.82) is 0 Å². The Morgan fingerprint density at radius 2 is 0.905 bits per heavy atom. The standard InChI is InChI=1S/C9H10O12/c10-6(18-14)2-1-3(7(11)19-15)5(9(13)21-17)4(2)8(12)20-16/h2-5,14-17H,1H2. The van der Waals surface area contributed by atoms with Crippen LogP contribution in [0.2, 0.25) is 0 Å². The fraction of sp³-hybridized carbons (Fsp3) is 0.556. The van der Waals surface area contributed by atoms with Gasteiger partial charge in [-0.3, -0.25) is 0 Å². The van der Waals surface area contributed by atoms with Gasteiger partial charge < -0.3 is 19.6 Å². The molecule has 1 aliphatic carbocycles. The van der Waals surface area contributed by atoms with E-state index >= 15 is 0 Å². The predicted octanol–water partition coefficient (Wildman–Crippen LogP) is -1.08. The molecular weight excluding hydrogens is 300 g/mol. The van der Waals surface area contributed by atoms with Crippen molar-refractivity contribution in [2.45, 2.75) is 6.42 Å². The van der Waals surface area contributed by atoms with Gasteiger partial charge >= 0.3 is 23.9 Å². The topological polar surface area (TPSA) is 186 Å². The molecule has 12 heteroatoms. The molecule has 4 atom stereocenters. The van der Waals surface area contributed by atoms with Crippen molar-refractivity contribution >= 4 is 23.9 Å². The van der Waals surface area contributed by atoms with E-state index in [9.17, 15) is 19.2 Å². The van der Waals surface area contributed by atoms with Gasteiger partial charge in [-0.2, -0.15) is 21.0 Å². The Kier molecular flexibility index (Phi) is 5.54. The molecule has 21 heavy (non-hydrogen) atoms. The maximum atomic E-state index is 11.5. The first-order chi connectivity index (χ1) is 9.92. The molecule has 0 aromatic rings. The highest BCUT2D eigenvalue weighted by Gasteiger charge is 2.59. The molecule has 118 valence electrons. The monoisotopic (exact) mass is 310 g/mol. The van der Waals surface area contributed by atoms with Crippen LogP contribution in [0, 0.1) is 23.7 Å². The molecule has 0 radical (unpaired) electrons. The first kappa shape index (κ1) is 16.8. The van der Waals surface area contributed by atoms with E-state index in [-0.39, 0.29) is 0 Å². The fourth-order valence-corrected chi connectivity index (χ4v) is 2.43. The van der Waals surface area contributed by atoms with Crippen LogP contribution < -0.4 is 0 Å². The van der Waals surface area contributed by atoms with Crippen LogP contribution >= 0.6 is 0 Å². The van der Waals surface area contributed by atoms with Crippen LogP contribution in [0.1, 0.15) is 6.42 Å². The Labute approximate surface area is 115 Å². The Morgan fingerprint density at radius 3 is 1.14 bits per heavy atom. The molecule has 1 saturated carbocycles. The van der Waals surface area contributed by atoms with E-state index in [4.69, 9.17) is 21.0 Å². The van der Waals surface area contributed by atoms with E-state index in [0.717, 1.165) is 0 Å². The van der Waals surface area contributed by atoms with E-state index in [2.05, 4.69) is 19.6 Å². The molecule has 0 bridgehead atoms. The minimum Gasteiger partial charge on any atom is -0.301 e. The SMILES string of the molecule is O=C(OO)C1CC(C(=O)OO)C(C(=O)OO)C1C(=O)OO. The fourth-order valence-electron chi connectivity index (χ4n) is 2.43. The number of rotatable bonds is 4. The van der Waals surface area contributed by atoms with Crippen LogP contribution in [-0.2, 0) is 38.7 Å². The van der Waals surface area contributed by atoms with E-state index in [0.29, 0.717) is 0 Å². The third-order valence-corrected chi connectivity index (χ3v) is 3.27. The summed E-state index contributed by atoms with van der Waals surface area (Å²) in [5, 5.41) is 33.4. The minimum atomic E-state index is -1.82. The van der Waals surface area contributed by atoms with Crippen molar-refractivity contribution in [3.8, 4) is 0 Å². The number of carbonyl (C=O) groups is 4. The van der Waals surface area contributed by atoms with Crippen molar-refractivity contribution in [2.24, 2.45) is 23.7 Å². The molecule has 12 nitrogen and oxygen atoms in total. The molecule has 0 amide bonds. The summed E-state index contributed by atoms with van der Waals surface area (Å²) in [5.41, 5.74) is 0. The van der Waals surface area contributed by atoms with Gasteiger partial charge in [0.1, 0.15) is 0 Å². The predicted molar refractivity (Wildman–Crippen MR) is 53.5 cm³/mol. The van der Waals surface area contributed by atoms with Crippen LogP contribution in [0.5, 0.6) is 0 Å². The maximum absolute atomic E-state index is 11.5. The third-order valence-electron chi connectivity index (χ3n) is 3.27. The molecule has 4 N–H and O–H groups in total. The molecule has 0 aromatic carbocycles. The average Bonchev–Trinajstić information content (AvgIpc) is 2.91. The molecule has 0 heterocycles. The number of hydrogen-bond donors (Lipinski definition) is 4. The lowest BCUT2D eigenvalue weighted by atomic mass is 9.87. The van der Waals surface area contributed by atoms with E-state index in [1.54, 1.807) is 0 Å². The van der Waals surface area contributed by atoms with Gasteiger partial charge in [0.2, 0.25) is 0 Å². The van der Waals surface area contributed by atoms with Crippen LogP contribution in [0.3, 0.4) is 0 Å². The zero-order valence-corrected chi connectivity index (χ0v) is 10.1. The highest BCUT2D eigenvalue weighted by atomic mass is 17.1. The highest BCUT2D eigenvalue weighted by molar-refractivity contribution is 5.92. The molecular formula is C9H10O12. The molecule has 0 aliphatic heterocycles. The Balaban J connectivity index is 3.25. The van der Waals surface area contributed by atoms with Gasteiger partial charge in [-0.25, -0.2) is 19.2 Å². The lowest BCUT2D eigenvalue weighted by molar-refractivity contribution is -0.257. The van der Waals surface area contributed by atoms with E-state index < -0.39 is 54.0 Å². The van der Waals surface area contributed by atoms with Crippen LogP contribution in [0.4, 0.5) is 0 Å². The summed E-state index contributed by atoms with van der Waals surface area (Å²) in [4.78, 5) is 59.3. The van der Waals surface area contributed by atoms with Crippen LogP contribution in [-0.4, -0.2) is 44.9 Å². The Morgan fingerprint density at radius 1 is 0.619 bits per heavy atom.